The van der Waals surface area contributed by atoms with Crippen LogP contribution in [0.5, 0.6) is 11.5 Å². The summed E-state index contributed by atoms with van der Waals surface area (Å²) in [5.74, 6) is 1.36. The molecule has 0 amide bonds. The fourth-order valence-corrected chi connectivity index (χ4v) is 1.96. The molecule has 3 nitrogen and oxygen atoms in total. The van der Waals surface area contributed by atoms with Crippen molar-refractivity contribution in [2.45, 2.75) is 6.10 Å². The summed E-state index contributed by atoms with van der Waals surface area (Å²) >= 11 is 6.01. The highest BCUT2D eigenvalue weighted by Crippen LogP contribution is 2.24. The standard InChI is InChI=1S/C15H15ClO3/c1-18-11-5-4-6-12(9-11)19-10-15(17)13-7-2-3-8-14(13)16/h2-9,15,17H,10H2,1H3. The molecule has 0 fully saturated rings. The van der Waals surface area contributed by atoms with Crippen molar-refractivity contribution in [1.29, 1.82) is 0 Å². The number of rotatable bonds is 5. The Morgan fingerprint density at radius 2 is 1.84 bits per heavy atom. The molecule has 0 radical (unpaired) electrons. The molecule has 0 saturated heterocycles. The average molecular weight is 279 g/mol. The van der Waals surface area contributed by atoms with Crippen LogP contribution in [0.1, 0.15) is 11.7 Å². The Hall–Kier alpha value is -1.71. The Morgan fingerprint density at radius 1 is 1.11 bits per heavy atom. The van der Waals surface area contributed by atoms with Crippen molar-refractivity contribution < 1.29 is 14.6 Å². The van der Waals surface area contributed by atoms with Crippen LogP contribution in [0.2, 0.25) is 5.02 Å². The molecule has 1 unspecified atom stereocenters. The number of halogens is 1. The quantitative estimate of drug-likeness (QED) is 0.910. The highest BCUT2D eigenvalue weighted by molar-refractivity contribution is 6.31. The first-order valence-electron chi connectivity index (χ1n) is 5.90. The predicted octanol–water partition coefficient (Wildman–Crippen LogP) is 3.46. The molecule has 0 saturated carbocycles. The van der Waals surface area contributed by atoms with Crippen LogP contribution in [0.25, 0.3) is 0 Å². The van der Waals surface area contributed by atoms with Gasteiger partial charge in [-0.3, -0.25) is 0 Å². The predicted molar refractivity (Wildman–Crippen MR) is 74.9 cm³/mol. The lowest BCUT2D eigenvalue weighted by Gasteiger charge is -2.14. The summed E-state index contributed by atoms with van der Waals surface area (Å²) in [6, 6.07) is 14.4. The lowest BCUT2D eigenvalue weighted by Crippen LogP contribution is -2.10. The van der Waals surface area contributed by atoms with E-state index in [-0.39, 0.29) is 6.61 Å². The van der Waals surface area contributed by atoms with Crippen molar-refractivity contribution >= 4 is 11.6 Å². The summed E-state index contributed by atoms with van der Waals surface area (Å²) < 4.78 is 10.6. The van der Waals surface area contributed by atoms with E-state index in [2.05, 4.69) is 0 Å². The van der Waals surface area contributed by atoms with Crippen LogP contribution < -0.4 is 9.47 Å². The van der Waals surface area contributed by atoms with Gasteiger partial charge in [0, 0.05) is 16.7 Å². The molecule has 1 atom stereocenters. The summed E-state index contributed by atoms with van der Waals surface area (Å²) in [4.78, 5) is 0. The average Bonchev–Trinajstić information content (AvgIpc) is 2.45. The summed E-state index contributed by atoms with van der Waals surface area (Å²) in [5.41, 5.74) is 0.659. The first-order chi connectivity index (χ1) is 9.20. The van der Waals surface area contributed by atoms with E-state index in [0.717, 1.165) is 0 Å². The normalized spacial score (nSPS) is 11.9. The smallest absolute Gasteiger partial charge is 0.123 e. The van der Waals surface area contributed by atoms with E-state index in [9.17, 15) is 5.11 Å². The van der Waals surface area contributed by atoms with Crippen LogP contribution in [0.15, 0.2) is 48.5 Å². The fraction of sp³-hybridized carbons (Fsp3) is 0.200. The van der Waals surface area contributed by atoms with Crippen molar-refractivity contribution in [3.63, 3.8) is 0 Å². The zero-order chi connectivity index (χ0) is 13.7. The number of hydrogen-bond acceptors (Lipinski definition) is 3. The van der Waals surface area contributed by atoms with Crippen LogP contribution in [0, 0.1) is 0 Å². The van der Waals surface area contributed by atoms with Gasteiger partial charge in [-0.25, -0.2) is 0 Å². The first kappa shape index (κ1) is 13.7. The summed E-state index contributed by atoms with van der Waals surface area (Å²) in [7, 11) is 1.59. The van der Waals surface area contributed by atoms with Gasteiger partial charge in [0.05, 0.1) is 7.11 Å². The number of aliphatic hydroxyl groups is 1. The van der Waals surface area contributed by atoms with Gasteiger partial charge in [0.2, 0.25) is 0 Å². The molecule has 0 spiro atoms. The van der Waals surface area contributed by atoms with Gasteiger partial charge in [-0.1, -0.05) is 35.9 Å². The Balaban J connectivity index is 2.00. The fourth-order valence-electron chi connectivity index (χ4n) is 1.70. The third-order valence-electron chi connectivity index (χ3n) is 2.71. The molecule has 0 bridgehead atoms. The van der Waals surface area contributed by atoms with E-state index in [1.807, 2.05) is 30.3 Å². The molecule has 0 aliphatic carbocycles. The molecule has 2 rings (SSSR count). The van der Waals surface area contributed by atoms with E-state index in [1.54, 1.807) is 25.3 Å². The van der Waals surface area contributed by atoms with Crippen molar-refractivity contribution in [2.24, 2.45) is 0 Å². The molecule has 0 aromatic heterocycles. The molecule has 0 heterocycles. The van der Waals surface area contributed by atoms with Gasteiger partial charge < -0.3 is 14.6 Å². The van der Waals surface area contributed by atoms with Crippen LogP contribution in [-0.2, 0) is 0 Å². The Bertz CT molecular complexity index is 542. The van der Waals surface area contributed by atoms with Crippen molar-refractivity contribution in [3.8, 4) is 11.5 Å². The zero-order valence-electron chi connectivity index (χ0n) is 10.5. The molecule has 0 aliphatic rings. The van der Waals surface area contributed by atoms with Gasteiger partial charge in [-0.2, -0.15) is 0 Å². The van der Waals surface area contributed by atoms with Crippen LogP contribution >= 0.6 is 11.6 Å². The first-order valence-corrected chi connectivity index (χ1v) is 6.28. The number of methoxy groups -OCH3 is 1. The summed E-state index contributed by atoms with van der Waals surface area (Å²) in [6.45, 7) is 0.136. The van der Waals surface area contributed by atoms with Gasteiger partial charge >= 0.3 is 0 Å². The molecule has 19 heavy (non-hydrogen) atoms. The molecule has 2 aromatic rings. The Kier molecular flexibility index (Phi) is 4.66. The second-order valence-electron chi connectivity index (χ2n) is 4.03. The maximum atomic E-state index is 10.0. The van der Waals surface area contributed by atoms with Gasteiger partial charge in [0.15, 0.2) is 0 Å². The van der Waals surface area contributed by atoms with Gasteiger partial charge in [-0.05, 0) is 18.2 Å². The van der Waals surface area contributed by atoms with Crippen molar-refractivity contribution in [1.82, 2.24) is 0 Å². The van der Waals surface area contributed by atoms with Crippen LogP contribution in [0.4, 0.5) is 0 Å². The molecule has 2 aromatic carbocycles. The van der Waals surface area contributed by atoms with E-state index in [0.29, 0.717) is 22.1 Å². The second kappa shape index (κ2) is 6.45. The maximum absolute atomic E-state index is 10.0. The SMILES string of the molecule is COc1cccc(OCC(O)c2ccccc2Cl)c1. The highest BCUT2D eigenvalue weighted by atomic mass is 35.5. The molecular weight excluding hydrogens is 264 g/mol. The largest absolute Gasteiger partial charge is 0.497 e. The van der Waals surface area contributed by atoms with Gasteiger partial charge in [-0.15, -0.1) is 0 Å². The number of benzene rings is 2. The molecular formula is C15H15ClO3. The summed E-state index contributed by atoms with van der Waals surface area (Å²) in [5, 5.41) is 10.6. The summed E-state index contributed by atoms with van der Waals surface area (Å²) in [6.07, 6.45) is -0.764. The molecule has 100 valence electrons. The van der Waals surface area contributed by atoms with Crippen molar-refractivity contribution in [3.05, 3.63) is 59.1 Å². The molecule has 0 aliphatic heterocycles. The van der Waals surface area contributed by atoms with Crippen LogP contribution in [0.3, 0.4) is 0 Å². The van der Waals surface area contributed by atoms with Gasteiger partial charge in [0.25, 0.3) is 0 Å². The van der Waals surface area contributed by atoms with Crippen molar-refractivity contribution in [2.75, 3.05) is 13.7 Å². The van der Waals surface area contributed by atoms with Crippen LogP contribution in [-0.4, -0.2) is 18.8 Å². The number of aliphatic hydroxyl groups excluding tert-OH is 1. The number of ether oxygens (including phenoxy) is 2. The molecule has 4 heteroatoms. The van der Waals surface area contributed by atoms with E-state index in [4.69, 9.17) is 21.1 Å². The van der Waals surface area contributed by atoms with Gasteiger partial charge in [0.1, 0.15) is 24.2 Å². The monoisotopic (exact) mass is 278 g/mol. The lowest BCUT2D eigenvalue weighted by molar-refractivity contribution is 0.108. The topological polar surface area (TPSA) is 38.7 Å². The Labute approximate surface area is 117 Å². The van der Waals surface area contributed by atoms with E-state index >= 15 is 0 Å². The number of hydrogen-bond donors (Lipinski definition) is 1. The third-order valence-corrected chi connectivity index (χ3v) is 3.06. The minimum Gasteiger partial charge on any atom is -0.497 e. The highest BCUT2D eigenvalue weighted by Gasteiger charge is 2.11. The minimum absolute atomic E-state index is 0.136. The second-order valence-corrected chi connectivity index (χ2v) is 4.43. The maximum Gasteiger partial charge on any atom is 0.123 e. The van der Waals surface area contributed by atoms with E-state index < -0.39 is 6.10 Å². The lowest BCUT2D eigenvalue weighted by atomic mass is 10.1. The minimum atomic E-state index is -0.764. The Morgan fingerprint density at radius 3 is 2.58 bits per heavy atom. The molecule has 1 N–H and O–H groups in total. The zero-order valence-corrected chi connectivity index (χ0v) is 11.3. The third kappa shape index (κ3) is 3.63. The van der Waals surface area contributed by atoms with E-state index in [1.165, 1.54) is 0 Å².